The minimum Gasteiger partial charge on any atom is -0.394 e. The lowest BCUT2D eigenvalue weighted by atomic mass is 10.1. The van der Waals surface area contributed by atoms with Crippen LogP contribution in [-0.4, -0.2) is 24.2 Å². The van der Waals surface area contributed by atoms with Gasteiger partial charge < -0.3 is 5.11 Å². The van der Waals surface area contributed by atoms with E-state index in [4.69, 9.17) is 5.11 Å². The highest BCUT2D eigenvalue weighted by Gasteiger charge is 2.38. The van der Waals surface area contributed by atoms with Crippen molar-refractivity contribution in [1.29, 1.82) is 0 Å². The number of hydrogen-bond donors (Lipinski definition) is 2. The molecule has 1 amide bonds. The van der Waals surface area contributed by atoms with E-state index in [9.17, 15) is 18.0 Å². The van der Waals surface area contributed by atoms with Crippen LogP contribution in [0.25, 0.3) is 0 Å². The predicted molar refractivity (Wildman–Crippen MR) is 54.6 cm³/mol. The van der Waals surface area contributed by atoms with Crippen LogP contribution in [0.3, 0.4) is 0 Å². The van der Waals surface area contributed by atoms with Gasteiger partial charge in [0.1, 0.15) is 4.88 Å². The zero-order chi connectivity index (χ0) is 13.1. The molecule has 0 unspecified atom stereocenters. The first-order valence-electron chi connectivity index (χ1n) is 4.56. The minimum atomic E-state index is -4.58. The van der Waals surface area contributed by atoms with Gasteiger partial charge in [-0.25, -0.2) is 5.48 Å². The van der Waals surface area contributed by atoms with Crippen molar-refractivity contribution in [3.8, 4) is 0 Å². The van der Waals surface area contributed by atoms with Crippen molar-refractivity contribution in [3.05, 3.63) is 21.4 Å². The molecule has 8 heteroatoms. The van der Waals surface area contributed by atoms with Gasteiger partial charge >= 0.3 is 6.18 Å². The molecule has 0 saturated carbocycles. The number of nitrogens with one attached hydrogen (secondary N) is 1. The lowest BCUT2D eigenvalue weighted by Crippen LogP contribution is -2.26. The Morgan fingerprint density at radius 3 is 2.76 bits per heavy atom. The molecule has 0 aliphatic rings. The Labute approximate surface area is 99.0 Å². The van der Waals surface area contributed by atoms with Crippen molar-refractivity contribution >= 4 is 17.2 Å². The maximum atomic E-state index is 12.6. The first-order chi connectivity index (χ1) is 7.88. The number of alkyl halides is 3. The third kappa shape index (κ3) is 3.42. The summed E-state index contributed by atoms with van der Waals surface area (Å²) >= 11 is 0.695. The predicted octanol–water partition coefficient (Wildman–Crippen LogP) is 1.73. The number of carbonyl (C=O) groups is 1. The van der Waals surface area contributed by atoms with Crippen molar-refractivity contribution in [1.82, 2.24) is 5.48 Å². The van der Waals surface area contributed by atoms with Crippen LogP contribution >= 0.6 is 11.3 Å². The van der Waals surface area contributed by atoms with Crippen molar-refractivity contribution in [3.63, 3.8) is 0 Å². The molecule has 0 spiro atoms. The maximum absolute atomic E-state index is 12.6. The molecular weight excluding hydrogens is 259 g/mol. The largest absolute Gasteiger partial charge is 0.418 e. The Balaban J connectivity index is 2.88. The summed E-state index contributed by atoms with van der Waals surface area (Å²) in [4.78, 5) is 15.4. The third-order valence-electron chi connectivity index (χ3n) is 1.82. The van der Waals surface area contributed by atoms with Gasteiger partial charge in [0.05, 0.1) is 18.8 Å². The number of carbonyl (C=O) groups excluding carboxylic acids is 1. The lowest BCUT2D eigenvalue weighted by molar-refractivity contribution is -0.138. The highest BCUT2D eigenvalue weighted by molar-refractivity contribution is 7.12. The summed E-state index contributed by atoms with van der Waals surface area (Å²) in [5.74, 6) is -0.969. The second kappa shape index (κ2) is 5.48. The van der Waals surface area contributed by atoms with Crippen LogP contribution in [0.5, 0.6) is 0 Å². The highest BCUT2D eigenvalue weighted by atomic mass is 32.1. The monoisotopic (exact) mass is 269 g/mol. The molecule has 0 aliphatic heterocycles. The average Bonchev–Trinajstić information content (AvgIpc) is 2.60. The number of amides is 1. The van der Waals surface area contributed by atoms with Crippen molar-refractivity contribution in [2.75, 3.05) is 13.2 Å². The number of hydroxylamine groups is 1. The lowest BCUT2D eigenvalue weighted by Gasteiger charge is -2.09. The van der Waals surface area contributed by atoms with Crippen molar-refractivity contribution in [2.45, 2.75) is 13.1 Å². The molecule has 0 aliphatic carbocycles. The van der Waals surface area contributed by atoms with Gasteiger partial charge in [-0.3, -0.25) is 9.63 Å². The van der Waals surface area contributed by atoms with Crippen molar-refractivity contribution < 1.29 is 27.9 Å². The molecule has 0 bridgehead atoms. The molecular formula is C9H10F3NO3S. The first-order valence-corrected chi connectivity index (χ1v) is 5.44. The smallest absolute Gasteiger partial charge is 0.394 e. The normalized spacial score (nSPS) is 11.6. The van der Waals surface area contributed by atoms with E-state index in [1.165, 1.54) is 12.3 Å². The number of thiophene rings is 1. The van der Waals surface area contributed by atoms with E-state index < -0.39 is 22.5 Å². The molecule has 1 aromatic rings. The average molecular weight is 269 g/mol. The van der Waals surface area contributed by atoms with Crippen LogP contribution in [0.1, 0.15) is 20.8 Å². The van der Waals surface area contributed by atoms with E-state index in [0.717, 1.165) is 0 Å². The highest BCUT2D eigenvalue weighted by Crippen LogP contribution is 2.37. The Morgan fingerprint density at radius 1 is 1.59 bits per heavy atom. The van der Waals surface area contributed by atoms with Gasteiger partial charge in [0.15, 0.2) is 0 Å². The summed E-state index contributed by atoms with van der Waals surface area (Å²) in [7, 11) is 0. The summed E-state index contributed by atoms with van der Waals surface area (Å²) in [5, 5.41) is 9.64. The molecule has 0 saturated heterocycles. The van der Waals surface area contributed by atoms with E-state index in [2.05, 4.69) is 4.84 Å². The van der Waals surface area contributed by atoms with Crippen LogP contribution in [0.2, 0.25) is 0 Å². The standard InChI is InChI=1S/C9H10F3NO3S/c1-5-4-17-7(6(5)9(10,11)12)8(15)13-16-3-2-14/h4,14H,2-3H2,1H3,(H,13,15). The molecule has 96 valence electrons. The van der Waals surface area contributed by atoms with Gasteiger partial charge in [-0.15, -0.1) is 11.3 Å². The van der Waals surface area contributed by atoms with Crippen LogP contribution in [0.4, 0.5) is 13.2 Å². The zero-order valence-corrected chi connectivity index (χ0v) is 9.61. The fourth-order valence-corrected chi connectivity index (χ4v) is 2.13. The second-order valence-corrected chi connectivity index (χ2v) is 4.00. The number of halogens is 3. The molecule has 0 fully saturated rings. The van der Waals surface area contributed by atoms with E-state index >= 15 is 0 Å². The van der Waals surface area contributed by atoms with Crippen LogP contribution in [0, 0.1) is 6.92 Å². The summed E-state index contributed by atoms with van der Waals surface area (Å²) in [5.41, 5.74) is 0.881. The zero-order valence-electron chi connectivity index (χ0n) is 8.80. The van der Waals surface area contributed by atoms with Crippen molar-refractivity contribution in [2.24, 2.45) is 0 Å². The summed E-state index contributed by atoms with van der Waals surface area (Å²) < 4.78 is 37.9. The van der Waals surface area contributed by atoms with Gasteiger partial charge in [0, 0.05) is 0 Å². The van der Waals surface area contributed by atoms with Gasteiger partial charge in [-0.1, -0.05) is 0 Å². The number of rotatable bonds is 4. The fraction of sp³-hybridized carbons (Fsp3) is 0.444. The molecule has 0 atom stereocenters. The maximum Gasteiger partial charge on any atom is 0.418 e. The molecule has 1 rings (SSSR count). The third-order valence-corrected chi connectivity index (χ3v) is 2.92. The molecule has 1 heterocycles. The second-order valence-electron chi connectivity index (χ2n) is 3.12. The van der Waals surface area contributed by atoms with Crippen LogP contribution < -0.4 is 5.48 Å². The summed E-state index contributed by atoms with van der Waals surface area (Å²) in [6, 6.07) is 0. The van der Waals surface area contributed by atoms with E-state index in [1.807, 2.05) is 5.48 Å². The molecule has 0 radical (unpaired) electrons. The van der Waals surface area contributed by atoms with Crippen LogP contribution in [0.15, 0.2) is 5.38 Å². The molecule has 4 nitrogen and oxygen atoms in total. The Hall–Kier alpha value is -1.12. The number of aryl methyl sites for hydroxylation is 1. The first kappa shape index (κ1) is 13.9. The molecule has 2 N–H and O–H groups in total. The quantitative estimate of drug-likeness (QED) is 0.646. The molecule has 1 aromatic heterocycles. The van der Waals surface area contributed by atoms with E-state index in [0.29, 0.717) is 11.3 Å². The fourth-order valence-electron chi connectivity index (χ4n) is 1.17. The summed E-state index contributed by atoms with van der Waals surface area (Å²) in [6.45, 7) is 0.762. The Bertz CT molecular complexity index is 403. The van der Waals surface area contributed by atoms with Gasteiger partial charge in [-0.05, 0) is 17.9 Å². The van der Waals surface area contributed by atoms with Gasteiger partial charge in [-0.2, -0.15) is 13.2 Å². The number of hydrogen-bond acceptors (Lipinski definition) is 4. The topological polar surface area (TPSA) is 58.6 Å². The molecule has 0 aromatic carbocycles. The Kier molecular flexibility index (Phi) is 4.49. The molecule has 17 heavy (non-hydrogen) atoms. The minimum absolute atomic E-state index is 0.00481. The van der Waals surface area contributed by atoms with Gasteiger partial charge in [0.25, 0.3) is 5.91 Å². The number of aliphatic hydroxyl groups excluding tert-OH is 1. The number of aliphatic hydroxyl groups is 1. The summed E-state index contributed by atoms with van der Waals surface area (Å²) in [6.07, 6.45) is -4.58. The van der Waals surface area contributed by atoms with E-state index in [1.54, 1.807) is 0 Å². The van der Waals surface area contributed by atoms with Crippen LogP contribution in [-0.2, 0) is 11.0 Å². The SMILES string of the molecule is Cc1csc(C(=O)NOCCO)c1C(F)(F)F. The van der Waals surface area contributed by atoms with Gasteiger partial charge in [0.2, 0.25) is 0 Å². The Morgan fingerprint density at radius 2 is 2.24 bits per heavy atom. The van der Waals surface area contributed by atoms with E-state index in [-0.39, 0.29) is 18.8 Å².